The van der Waals surface area contributed by atoms with E-state index in [1.807, 2.05) is 38.1 Å². The number of aliphatic hydroxyl groups excluding tert-OH is 1. The minimum atomic E-state index is -0.442. The third-order valence-electron chi connectivity index (χ3n) is 5.60. The number of ether oxygens (including phenoxy) is 1. The number of aryl methyl sites for hydroxylation is 1. The number of nitrogens with one attached hydrogen (secondary N) is 1. The van der Waals surface area contributed by atoms with Crippen LogP contribution in [0.15, 0.2) is 36.4 Å². The molecule has 168 valence electrons. The van der Waals surface area contributed by atoms with Crippen molar-refractivity contribution in [3.63, 3.8) is 0 Å². The molecule has 0 aliphatic carbocycles. The van der Waals surface area contributed by atoms with Crippen molar-refractivity contribution in [2.45, 2.75) is 32.7 Å². The monoisotopic (exact) mass is 455 g/mol. The van der Waals surface area contributed by atoms with Crippen molar-refractivity contribution in [1.29, 1.82) is 0 Å². The minimum absolute atomic E-state index is 0.0243. The number of phenols is 1. The topological polar surface area (TPSA) is 98.7 Å². The van der Waals surface area contributed by atoms with Crippen molar-refractivity contribution >= 4 is 17.5 Å². The first-order chi connectivity index (χ1) is 15.5. The predicted molar refractivity (Wildman–Crippen MR) is 122 cm³/mol. The fourth-order valence-electron chi connectivity index (χ4n) is 4.07. The van der Waals surface area contributed by atoms with E-state index in [2.05, 4.69) is 10.2 Å². The zero-order valence-corrected chi connectivity index (χ0v) is 18.8. The number of halogens is 1. The summed E-state index contributed by atoms with van der Waals surface area (Å²) in [5, 5.41) is 27.7. The quantitative estimate of drug-likeness (QED) is 0.465. The molecule has 1 aliphatic rings. The van der Waals surface area contributed by atoms with Crippen LogP contribution in [0.2, 0.25) is 5.02 Å². The van der Waals surface area contributed by atoms with Gasteiger partial charge in [-0.1, -0.05) is 30.7 Å². The van der Waals surface area contributed by atoms with Gasteiger partial charge in [-0.3, -0.25) is 9.89 Å². The van der Waals surface area contributed by atoms with E-state index in [0.717, 1.165) is 23.3 Å². The Labute approximate surface area is 191 Å². The second-order valence-corrected chi connectivity index (χ2v) is 8.29. The summed E-state index contributed by atoms with van der Waals surface area (Å²) in [6, 6.07) is 10.5. The number of aromatic nitrogens is 2. The number of aliphatic hydroxyl groups is 1. The third-order valence-corrected chi connectivity index (χ3v) is 6.01. The molecule has 1 aliphatic heterocycles. The van der Waals surface area contributed by atoms with Crippen LogP contribution in [0.4, 0.5) is 0 Å². The number of phenolic OH excluding ortho intramolecular Hbond substituents is 1. The molecule has 0 fully saturated rings. The molecule has 2 aromatic carbocycles. The maximum absolute atomic E-state index is 13.2. The zero-order valence-electron chi connectivity index (χ0n) is 18.1. The standard InChI is InChI=1S/C24H26ClN3O4/c1-3-10-32-16-7-4-6-15(12-16)23-20-21(17-13-18(25)14(2)11-19(17)30)26-27-22(20)24(31)28(23)8-5-9-29/h4,6-7,11-13,23,29-30H,3,5,8-10H2,1-2H3,(H,26,27). The highest BCUT2D eigenvalue weighted by atomic mass is 35.5. The van der Waals surface area contributed by atoms with Crippen LogP contribution in [0.1, 0.15) is 53.0 Å². The molecule has 0 radical (unpaired) electrons. The maximum atomic E-state index is 13.2. The van der Waals surface area contributed by atoms with Crippen LogP contribution in [0.25, 0.3) is 11.3 Å². The van der Waals surface area contributed by atoms with Crippen LogP contribution in [0.3, 0.4) is 0 Å². The van der Waals surface area contributed by atoms with Gasteiger partial charge in [0.2, 0.25) is 0 Å². The third kappa shape index (κ3) is 3.94. The van der Waals surface area contributed by atoms with Crippen molar-refractivity contribution in [1.82, 2.24) is 15.1 Å². The van der Waals surface area contributed by atoms with Gasteiger partial charge in [0.15, 0.2) is 0 Å². The van der Waals surface area contributed by atoms with E-state index in [0.29, 0.717) is 47.1 Å². The number of aromatic amines is 1. The van der Waals surface area contributed by atoms with E-state index < -0.39 is 6.04 Å². The molecule has 4 rings (SSSR count). The Bertz CT molecular complexity index is 1140. The Kier molecular flexibility index (Phi) is 6.39. The molecule has 3 aromatic rings. The number of amides is 1. The Morgan fingerprint density at radius 2 is 2.09 bits per heavy atom. The fourth-order valence-corrected chi connectivity index (χ4v) is 4.23. The number of nitrogens with zero attached hydrogens (tertiary/aromatic N) is 2. The van der Waals surface area contributed by atoms with Gasteiger partial charge in [-0.2, -0.15) is 5.10 Å². The molecule has 3 N–H and O–H groups in total. The fraction of sp³-hybridized carbons (Fsp3) is 0.333. The summed E-state index contributed by atoms with van der Waals surface area (Å²) in [6.07, 6.45) is 1.33. The van der Waals surface area contributed by atoms with Crippen molar-refractivity contribution < 1.29 is 19.7 Å². The van der Waals surface area contributed by atoms with E-state index in [-0.39, 0.29) is 18.3 Å². The molecule has 32 heavy (non-hydrogen) atoms. The van der Waals surface area contributed by atoms with Gasteiger partial charge in [-0.05, 0) is 55.2 Å². The van der Waals surface area contributed by atoms with E-state index in [1.165, 1.54) is 0 Å². The summed E-state index contributed by atoms with van der Waals surface area (Å²) >= 11 is 6.33. The molecule has 1 atom stereocenters. The van der Waals surface area contributed by atoms with Gasteiger partial charge in [0.25, 0.3) is 5.91 Å². The van der Waals surface area contributed by atoms with Crippen molar-refractivity contribution in [2.24, 2.45) is 0 Å². The second kappa shape index (κ2) is 9.22. The van der Waals surface area contributed by atoms with Crippen LogP contribution in [-0.4, -0.2) is 51.0 Å². The summed E-state index contributed by atoms with van der Waals surface area (Å²) in [5.74, 6) is 0.564. The van der Waals surface area contributed by atoms with Gasteiger partial charge in [0.1, 0.15) is 22.9 Å². The first-order valence-electron chi connectivity index (χ1n) is 10.7. The lowest BCUT2D eigenvalue weighted by molar-refractivity contribution is 0.0732. The lowest BCUT2D eigenvalue weighted by atomic mass is 9.95. The van der Waals surface area contributed by atoms with Crippen LogP contribution >= 0.6 is 11.6 Å². The molecule has 0 saturated carbocycles. The molecule has 0 spiro atoms. The highest BCUT2D eigenvalue weighted by Crippen LogP contribution is 2.45. The molecule has 0 saturated heterocycles. The highest BCUT2D eigenvalue weighted by molar-refractivity contribution is 6.31. The van der Waals surface area contributed by atoms with Gasteiger partial charge < -0.3 is 19.8 Å². The Balaban J connectivity index is 1.85. The SMILES string of the molecule is CCCOc1cccc(C2c3c(-c4cc(Cl)c(C)cc4O)n[nH]c3C(=O)N2CCCO)c1. The number of carbonyl (C=O) groups excluding carboxylic acids is 1. The molecule has 2 heterocycles. The molecule has 7 nitrogen and oxygen atoms in total. The number of H-pyrrole nitrogens is 1. The molecule has 1 aromatic heterocycles. The van der Waals surface area contributed by atoms with Crippen LogP contribution in [-0.2, 0) is 0 Å². The van der Waals surface area contributed by atoms with Gasteiger partial charge in [0.05, 0.1) is 12.6 Å². The number of fused-ring (bicyclic) bond motifs is 1. The normalized spacial score (nSPS) is 15.3. The molecule has 0 bridgehead atoms. The summed E-state index contributed by atoms with van der Waals surface area (Å²) in [5.41, 5.74) is 3.60. The lowest BCUT2D eigenvalue weighted by Crippen LogP contribution is -2.31. The summed E-state index contributed by atoms with van der Waals surface area (Å²) in [7, 11) is 0. The van der Waals surface area contributed by atoms with Gasteiger partial charge >= 0.3 is 0 Å². The predicted octanol–water partition coefficient (Wildman–Crippen LogP) is 4.46. The van der Waals surface area contributed by atoms with Crippen molar-refractivity contribution in [3.05, 3.63) is 63.8 Å². The molecule has 1 amide bonds. The number of benzene rings is 2. The van der Waals surface area contributed by atoms with E-state index in [4.69, 9.17) is 16.3 Å². The smallest absolute Gasteiger partial charge is 0.273 e. The Morgan fingerprint density at radius 1 is 1.28 bits per heavy atom. The largest absolute Gasteiger partial charge is 0.507 e. The summed E-state index contributed by atoms with van der Waals surface area (Å²) < 4.78 is 5.81. The number of hydrogen-bond donors (Lipinski definition) is 3. The van der Waals surface area contributed by atoms with Gasteiger partial charge in [-0.25, -0.2) is 0 Å². The Hall–Kier alpha value is -3.03. The summed E-state index contributed by atoms with van der Waals surface area (Å²) in [6.45, 7) is 4.80. The molecule has 1 unspecified atom stereocenters. The van der Waals surface area contributed by atoms with E-state index >= 15 is 0 Å². The van der Waals surface area contributed by atoms with Gasteiger partial charge in [0, 0.05) is 29.3 Å². The van der Waals surface area contributed by atoms with Gasteiger partial charge in [-0.15, -0.1) is 0 Å². The maximum Gasteiger partial charge on any atom is 0.273 e. The van der Waals surface area contributed by atoms with Crippen LogP contribution in [0.5, 0.6) is 11.5 Å². The first kappa shape index (κ1) is 22.2. The number of rotatable bonds is 8. The van der Waals surface area contributed by atoms with E-state index in [1.54, 1.807) is 17.0 Å². The van der Waals surface area contributed by atoms with E-state index in [9.17, 15) is 15.0 Å². The number of hydrogen-bond acceptors (Lipinski definition) is 5. The number of carbonyl (C=O) groups is 1. The first-order valence-corrected chi connectivity index (χ1v) is 11.1. The zero-order chi connectivity index (χ0) is 22.8. The summed E-state index contributed by atoms with van der Waals surface area (Å²) in [4.78, 5) is 15.0. The minimum Gasteiger partial charge on any atom is -0.507 e. The average molecular weight is 456 g/mol. The lowest BCUT2D eigenvalue weighted by Gasteiger charge is -2.26. The average Bonchev–Trinajstić information content (AvgIpc) is 3.32. The molecular formula is C24H26ClN3O4. The highest BCUT2D eigenvalue weighted by Gasteiger charge is 2.42. The molecule has 8 heteroatoms. The second-order valence-electron chi connectivity index (χ2n) is 7.88. The van der Waals surface area contributed by atoms with Crippen LogP contribution in [0, 0.1) is 6.92 Å². The van der Waals surface area contributed by atoms with Crippen molar-refractivity contribution in [3.8, 4) is 22.8 Å². The molecular weight excluding hydrogens is 430 g/mol. The Morgan fingerprint density at radius 3 is 2.84 bits per heavy atom. The van der Waals surface area contributed by atoms with Crippen LogP contribution < -0.4 is 4.74 Å². The number of aromatic hydroxyl groups is 1. The van der Waals surface area contributed by atoms with Crippen molar-refractivity contribution in [2.75, 3.05) is 19.8 Å².